The predicted molar refractivity (Wildman–Crippen MR) is 123 cm³/mol. The van der Waals surface area contributed by atoms with Crippen molar-refractivity contribution in [2.75, 3.05) is 19.7 Å². The van der Waals surface area contributed by atoms with Crippen molar-refractivity contribution in [3.05, 3.63) is 64.8 Å². The average molecular weight is 404 g/mol. The minimum Gasteiger partial charge on any atom is -0.467 e. The summed E-state index contributed by atoms with van der Waals surface area (Å²) in [4.78, 5) is 10.4. The molecule has 0 saturated heterocycles. The Morgan fingerprint density at radius 3 is 2.29 bits per heavy atom. The van der Waals surface area contributed by atoms with Crippen LogP contribution in [0.1, 0.15) is 58.9 Å². The summed E-state index contributed by atoms with van der Waals surface area (Å²) < 4.78 is 10.5. The first-order valence-corrected chi connectivity index (χ1v) is 10.8. The van der Waals surface area contributed by atoms with Crippen LogP contribution in [-0.4, -0.2) is 29.6 Å². The van der Waals surface area contributed by atoms with Gasteiger partial charge >= 0.3 is 5.12 Å². The van der Waals surface area contributed by atoms with E-state index in [-0.39, 0.29) is 11.9 Å². The number of ether oxygens (including phenoxy) is 2. The van der Waals surface area contributed by atoms with Crippen molar-refractivity contribution in [3.8, 4) is 5.75 Å². The van der Waals surface area contributed by atoms with Crippen LogP contribution in [0.2, 0.25) is 0 Å². The first-order valence-electron chi connectivity index (χ1n) is 9.78. The molecule has 1 rings (SSSR count). The third-order valence-electron chi connectivity index (χ3n) is 4.22. The van der Waals surface area contributed by atoms with E-state index in [1.165, 1.54) is 28.5 Å². The van der Waals surface area contributed by atoms with Gasteiger partial charge in [0.1, 0.15) is 11.3 Å². The molecule has 0 amide bonds. The number of benzene rings is 1. The molecule has 1 aromatic carbocycles. The number of thioether (sulfide) groups is 1. The van der Waals surface area contributed by atoms with Gasteiger partial charge in [-0.3, -0.25) is 4.79 Å². The van der Waals surface area contributed by atoms with Gasteiger partial charge in [0.05, 0.1) is 0 Å². The Balaban J connectivity index is 2.42. The summed E-state index contributed by atoms with van der Waals surface area (Å²) >= 11 is 1.41. The molecule has 0 fully saturated rings. The van der Waals surface area contributed by atoms with Crippen molar-refractivity contribution in [1.82, 2.24) is 0 Å². The predicted octanol–water partition coefficient (Wildman–Crippen LogP) is 6.67. The average Bonchev–Trinajstić information content (AvgIpc) is 2.66. The molecule has 28 heavy (non-hydrogen) atoms. The highest BCUT2D eigenvalue weighted by atomic mass is 32.2. The van der Waals surface area contributed by atoms with Crippen LogP contribution in [0.3, 0.4) is 0 Å². The van der Waals surface area contributed by atoms with Crippen LogP contribution in [0.25, 0.3) is 0 Å². The molecule has 0 aliphatic carbocycles. The molecule has 3 nitrogen and oxygen atoms in total. The molecule has 0 aliphatic rings. The normalized spacial score (nSPS) is 12.0. The third-order valence-corrected chi connectivity index (χ3v) is 5.05. The summed E-state index contributed by atoms with van der Waals surface area (Å²) in [6.45, 7) is 8.82. The molecule has 0 aliphatic heterocycles. The molecule has 0 bridgehead atoms. The summed E-state index contributed by atoms with van der Waals surface area (Å²) in [5.41, 5.74) is 4.89. The number of rotatable bonds is 12. The van der Waals surface area contributed by atoms with Gasteiger partial charge in [-0.15, -0.1) is 0 Å². The number of para-hydroxylation sites is 1. The SMILES string of the molecule is COCOc1ccccc1C(=[OH+])SCC=C(C)CCC=C(C)CCC=C(C)C. The summed E-state index contributed by atoms with van der Waals surface area (Å²) in [5, 5.41) is 0.269. The zero-order valence-electron chi connectivity index (χ0n) is 18.0. The highest BCUT2D eigenvalue weighted by Gasteiger charge is 2.18. The Hall–Kier alpha value is -1.78. The Morgan fingerprint density at radius 1 is 0.964 bits per heavy atom. The summed E-state index contributed by atoms with van der Waals surface area (Å²) in [6, 6.07) is 7.45. The lowest BCUT2D eigenvalue weighted by atomic mass is 10.1. The molecule has 0 spiro atoms. The molecular formula is C24H35O3S+. The monoisotopic (exact) mass is 403 g/mol. The molecule has 0 radical (unpaired) electrons. The molecule has 154 valence electrons. The van der Waals surface area contributed by atoms with Crippen molar-refractivity contribution in [1.29, 1.82) is 0 Å². The molecule has 1 N–H and O–H groups in total. The van der Waals surface area contributed by atoms with E-state index in [4.69, 9.17) is 9.47 Å². The van der Waals surface area contributed by atoms with Gasteiger partial charge in [-0.1, -0.05) is 47.1 Å². The van der Waals surface area contributed by atoms with Crippen LogP contribution in [-0.2, 0) is 4.74 Å². The fourth-order valence-electron chi connectivity index (χ4n) is 2.57. The minimum atomic E-state index is 0.162. The van der Waals surface area contributed by atoms with Gasteiger partial charge in [-0.2, -0.15) is 0 Å². The maximum absolute atomic E-state index is 10.4. The molecule has 0 aromatic heterocycles. The molecule has 0 unspecified atom stereocenters. The van der Waals surface area contributed by atoms with E-state index >= 15 is 0 Å². The zero-order valence-corrected chi connectivity index (χ0v) is 18.8. The second kappa shape index (κ2) is 14.3. The Morgan fingerprint density at radius 2 is 1.61 bits per heavy atom. The fourth-order valence-corrected chi connectivity index (χ4v) is 3.42. The van der Waals surface area contributed by atoms with E-state index < -0.39 is 0 Å². The van der Waals surface area contributed by atoms with Crippen molar-refractivity contribution in [2.45, 2.75) is 53.4 Å². The maximum atomic E-state index is 10.4. The van der Waals surface area contributed by atoms with E-state index in [1.54, 1.807) is 7.11 Å². The fraction of sp³-hybridized carbons (Fsp3) is 0.458. The molecule has 4 heteroatoms. The van der Waals surface area contributed by atoms with Crippen LogP contribution in [0.4, 0.5) is 0 Å². The van der Waals surface area contributed by atoms with Crippen LogP contribution >= 0.6 is 11.8 Å². The van der Waals surface area contributed by atoms with Gasteiger partial charge in [0.2, 0.25) is 0 Å². The zero-order chi connectivity index (χ0) is 20.8. The summed E-state index contributed by atoms with van der Waals surface area (Å²) in [5.74, 6) is 1.36. The first-order chi connectivity index (χ1) is 13.4. The van der Waals surface area contributed by atoms with Crippen LogP contribution in [0.5, 0.6) is 5.75 Å². The molecular weight excluding hydrogens is 368 g/mol. The molecule has 1 aromatic rings. The number of carbonyl (C=O) groups excluding carboxylic acids is 1. The van der Waals surface area contributed by atoms with E-state index in [0.29, 0.717) is 11.3 Å². The molecule has 0 atom stereocenters. The van der Waals surface area contributed by atoms with Crippen molar-refractivity contribution >= 4 is 16.9 Å². The van der Waals surface area contributed by atoms with E-state index in [9.17, 15) is 4.79 Å². The number of hydrogen-bond acceptors (Lipinski definition) is 3. The van der Waals surface area contributed by atoms with Gasteiger partial charge in [-0.25, -0.2) is 0 Å². The van der Waals surface area contributed by atoms with E-state index in [1.807, 2.05) is 24.3 Å². The van der Waals surface area contributed by atoms with Crippen LogP contribution in [0.15, 0.2) is 59.2 Å². The van der Waals surface area contributed by atoms with Crippen molar-refractivity contribution < 1.29 is 14.3 Å². The Labute approximate surface area is 174 Å². The van der Waals surface area contributed by atoms with Crippen molar-refractivity contribution in [2.24, 2.45) is 0 Å². The highest BCUT2D eigenvalue weighted by Crippen LogP contribution is 2.23. The summed E-state index contributed by atoms with van der Waals surface area (Å²) in [6.07, 6.45) is 11.2. The van der Waals surface area contributed by atoms with Gasteiger partial charge in [0.25, 0.3) is 0 Å². The number of methoxy groups -OCH3 is 1. The standard InChI is InChI=1S/C24H34O3S/c1-19(2)10-8-11-20(3)12-9-13-21(4)16-17-28-24(25)22-14-6-7-15-23(22)27-18-26-5/h6-7,10,12,14-16H,8-9,11,13,17-18H2,1-5H3/p+1. The number of hydrogen-bond donors (Lipinski definition) is 0. The Kier molecular flexibility index (Phi) is 12.3. The second-order valence-corrected chi connectivity index (χ2v) is 8.13. The lowest BCUT2D eigenvalue weighted by Gasteiger charge is -2.06. The van der Waals surface area contributed by atoms with Gasteiger partial charge in [0.15, 0.2) is 6.79 Å². The van der Waals surface area contributed by atoms with Crippen LogP contribution < -0.4 is 4.74 Å². The highest BCUT2D eigenvalue weighted by molar-refractivity contribution is 8.14. The van der Waals surface area contributed by atoms with E-state index in [2.05, 4.69) is 45.9 Å². The Bertz CT molecular complexity index is 698. The van der Waals surface area contributed by atoms with Gasteiger partial charge < -0.3 is 9.47 Å². The lowest BCUT2D eigenvalue weighted by molar-refractivity contribution is 0.0510. The first kappa shape index (κ1) is 24.3. The summed E-state index contributed by atoms with van der Waals surface area (Å²) in [7, 11) is 1.58. The third kappa shape index (κ3) is 10.5. The second-order valence-electron chi connectivity index (χ2n) is 7.12. The number of allylic oxidation sites excluding steroid dienone is 5. The minimum absolute atomic E-state index is 0.162. The largest absolute Gasteiger partial charge is 0.467 e. The quantitative estimate of drug-likeness (QED) is 0.222. The molecule has 0 heterocycles. The van der Waals surface area contributed by atoms with Gasteiger partial charge in [0, 0.05) is 12.9 Å². The maximum Gasteiger partial charge on any atom is 0.386 e. The topological polar surface area (TPSA) is 39.9 Å². The van der Waals surface area contributed by atoms with Crippen molar-refractivity contribution in [3.63, 3.8) is 0 Å². The van der Waals surface area contributed by atoms with Gasteiger partial charge in [-0.05, 0) is 77.3 Å². The van der Waals surface area contributed by atoms with Crippen LogP contribution in [0, 0.1) is 0 Å². The van der Waals surface area contributed by atoms with E-state index in [0.717, 1.165) is 31.4 Å². The molecule has 0 saturated carbocycles. The lowest BCUT2D eigenvalue weighted by Crippen LogP contribution is -2.05. The smallest absolute Gasteiger partial charge is 0.386 e.